The number of benzene rings is 1. The van der Waals surface area contributed by atoms with Crippen LogP contribution in [0.3, 0.4) is 0 Å². The Hall–Kier alpha value is -1.09. The summed E-state index contributed by atoms with van der Waals surface area (Å²) in [6.45, 7) is 6.66. The first-order chi connectivity index (χ1) is 8.54. The van der Waals surface area contributed by atoms with Gasteiger partial charge >= 0.3 is 0 Å². The molecule has 0 bridgehead atoms. The fourth-order valence-electron chi connectivity index (χ4n) is 2.84. The summed E-state index contributed by atoms with van der Waals surface area (Å²) < 4.78 is 13.7. The zero-order valence-corrected chi connectivity index (χ0v) is 11.4. The number of halogens is 1. The van der Waals surface area contributed by atoms with E-state index in [4.69, 9.17) is 0 Å². The highest BCUT2D eigenvalue weighted by Crippen LogP contribution is 2.34. The lowest BCUT2D eigenvalue weighted by Crippen LogP contribution is -2.29. The molecule has 0 saturated carbocycles. The molecule has 100 valence electrons. The minimum Gasteiger partial charge on any atom is -0.389 e. The molecule has 1 heterocycles. The van der Waals surface area contributed by atoms with E-state index in [1.165, 1.54) is 18.9 Å². The summed E-state index contributed by atoms with van der Waals surface area (Å²) in [5.74, 6) is -0.234. The number of aryl methyl sites for hydroxylation is 1. The van der Waals surface area contributed by atoms with Crippen LogP contribution in [0.5, 0.6) is 0 Å². The van der Waals surface area contributed by atoms with Crippen LogP contribution < -0.4 is 4.90 Å². The molecule has 1 aromatic rings. The standard InChI is InChI=1S/C15H22FNO/c1-4-12-6-5-7-17(12)15-8-10(2)14(16)9-13(15)11(3)18/h8-9,11-12,18H,4-7H2,1-3H3. The highest BCUT2D eigenvalue weighted by molar-refractivity contribution is 5.58. The van der Waals surface area contributed by atoms with Gasteiger partial charge in [-0.05, 0) is 50.8 Å². The van der Waals surface area contributed by atoms with Crippen LogP contribution in [-0.4, -0.2) is 17.7 Å². The van der Waals surface area contributed by atoms with Crippen LogP contribution in [0.1, 0.15) is 50.3 Å². The first kappa shape index (κ1) is 13.3. The van der Waals surface area contributed by atoms with Gasteiger partial charge in [0.25, 0.3) is 0 Å². The summed E-state index contributed by atoms with van der Waals surface area (Å²) in [5, 5.41) is 9.85. The van der Waals surface area contributed by atoms with Gasteiger partial charge in [-0.15, -0.1) is 0 Å². The van der Waals surface area contributed by atoms with Crippen molar-refractivity contribution in [3.8, 4) is 0 Å². The van der Waals surface area contributed by atoms with Crippen molar-refractivity contribution in [2.45, 2.75) is 52.2 Å². The quantitative estimate of drug-likeness (QED) is 0.887. The van der Waals surface area contributed by atoms with Crippen molar-refractivity contribution < 1.29 is 9.50 Å². The van der Waals surface area contributed by atoms with Crippen molar-refractivity contribution >= 4 is 5.69 Å². The van der Waals surface area contributed by atoms with Crippen molar-refractivity contribution in [1.82, 2.24) is 0 Å². The number of hydrogen-bond donors (Lipinski definition) is 1. The molecule has 0 amide bonds. The molecule has 1 fully saturated rings. The van der Waals surface area contributed by atoms with Crippen LogP contribution in [0, 0.1) is 12.7 Å². The first-order valence-corrected chi connectivity index (χ1v) is 6.79. The molecule has 2 atom stereocenters. The lowest BCUT2D eigenvalue weighted by atomic mass is 10.0. The fourth-order valence-corrected chi connectivity index (χ4v) is 2.84. The first-order valence-electron chi connectivity index (χ1n) is 6.79. The maximum Gasteiger partial charge on any atom is 0.126 e. The van der Waals surface area contributed by atoms with E-state index in [0.717, 1.165) is 18.7 Å². The molecule has 2 rings (SSSR count). The van der Waals surface area contributed by atoms with Crippen molar-refractivity contribution in [2.75, 3.05) is 11.4 Å². The van der Waals surface area contributed by atoms with Crippen LogP contribution in [0.15, 0.2) is 12.1 Å². The molecule has 2 nitrogen and oxygen atoms in total. The molecule has 18 heavy (non-hydrogen) atoms. The molecule has 0 radical (unpaired) electrons. The molecule has 0 aliphatic carbocycles. The van der Waals surface area contributed by atoms with Gasteiger partial charge in [-0.25, -0.2) is 4.39 Å². The molecule has 0 spiro atoms. The number of anilines is 1. The number of aliphatic hydroxyl groups is 1. The summed E-state index contributed by atoms with van der Waals surface area (Å²) in [5.41, 5.74) is 2.36. The molecule has 1 aromatic carbocycles. The SMILES string of the molecule is CCC1CCCN1c1cc(C)c(F)cc1C(C)O. The summed E-state index contributed by atoms with van der Waals surface area (Å²) >= 11 is 0. The van der Waals surface area contributed by atoms with E-state index in [1.54, 1.807) is 13.8 Å². The Morgan fingerprint density at radius 1 is 1.50 bits per heavy atom. The number of aliphatic hydroxyl groups excluding tert-OH is 1. The molecular weight excluding hydrogens is 229 g/mol. The normalized spacial score (nSPS) is 21.4. The van der Waals surface area contributed by atoms with Gasteiger partial charge < -0.3 is 10.0 Å². The van der Waals surface area contributed by atoms with Crippen LogP contribution in [0.2, 0.25) is 0 Å². The van der Waals surface area contributed by atoms with Gasteiger partial charge in [-0.3, -0.25) is 0 Å². The van der Waals surface area contributed by atoms with Crippen molar-refractivity contribution in [2.24, 2.45) is 0 Å². The molecular formula is C15H22FNO. The molecule has 0 aromatic heterocycles. The topological polar surface area (TPSA) is 23.5 Å². The highest BCUT2D eigenvalue weighted by atomic mass is 19.1. The molecule has 3 heteroatoms. The Balaban J connectivity index is 2.45. The van der Waals surface area contributed by atoms with Crippen LogP contribution in [-0.2, 0) is 0 Å². The summed E-state index contributed by atoms with van der Waals surface area (Å²) in [7, 11) is 0. The Morgan fingerprint density at radius 2 is 2.22 bits per heavy atom. The van der Waals surface area contributed by atoms with Gasteiger partial charge in [0.2, 0.25) is 0 Å². The molecule has 1 N–H and O–H groups in total. The predicted octanol–water partition coefficient (Wildman–Crippen LogP) is 3.57. The Bertz CT molecular complexity index is 431. The molecule has 2 unspecified atom stereocenters. The Kier molecular flexibility index (Phi) is 3.91. The zero-order valence-electron chi connectivity index (χ0n) is 11.4. The largest absolute Gasteiger partial charge is 0.389 e. The molecule has 1 aliphatic rings. The van der Waals surface area contributed by atoms with Crippen LogP contribution in [0.25, 0.3) is 0 Å². The van der Waals surface area contributed by atoms with Gasteiger partial charge in [-0.2, -0.15) is 0 Å². The van der Waals surface area contributed by atoms with Gasteiger partial charge in [0, 0.05) is 23.8 Å². The molecule has 1 aliphatic heterocycles. The van der Waals surface area contributed by atoms with E-state index < -0.39 is 6.10 Å². The average molecular weight is 251 g/mol. The fraction of sp³-hybridized carbons (Fsp3) is 0.600. The van der Waals surface area contributed by atoms with E-state index in [0.29, 0.717) is 17.2 Å². The van der Waals surface area contributed by atoms with Gasteiger partial charge in [0.05, 0.1) is 6.10 Å². The summed E-state index contributed by atoms with van der Waals surface area (Å²) in [6.07, 6.45) is 2.82. The van der Waals surface area contributed by atoms with Gasteiger partial charge in [-0.1, -0.05) is 6.92 Å². The third kappa shape index (κ3) is 2.37. The maximum absolute atomic E-state index is 13.7. The van der Waals surface area contributed by atoms with Crippen LogP contribution >= 0.6 is 0 Å². The maximum atomic E-state index is 13.7. The summed E-state index contributed by atoms with van der Waals surface area (Å²) in [4.78, 5) is 2.33. The number of nitrogens with zero attached hydrogens (tertiary/aromatic N) is 1. The predicted molar refractivity (Wildman–Crippen MR) is 72.4 cm³/mol. The van der Waals surface area contributed by atoms with Crippen molar-refractivity contribution in [3.63, 3.8) is 0 Å². The van der Waals surface area contributed by atoms with E-state index in [2.05, 4.69) is 11.8 Å². The van der Waals surface area contributed by atoms with Crippen LogP contribution in [0.4, 0.5) is 10.1 Å². The second-order valence-electron chi connectivity index (χ2n) is 5.23. The van der Waals surface area contributed by atoms with Crippen molar-refractivity contribution in [1.29, 1.82) is 0 Å². The van der Waals surface area contributed by atoms with E-state index in [-0.39, 0.29) is 5.82 Å². The second-order valence-corrected chi connectivity index (χ2v) is 5.23. The monoisotopic (exact) mass is 251 g/mol. The highest BCUT2D eigenvalue weighted by Gasteiger charge is 2.26. The lowest BCUT2D eigenvalue weighted by Gasteiger charge is -2.29. The Morgan fingerprint density at radius 3 is 2.83 bits per heavy atom. The average Bonchev–Trinajstić information content (AvgIpc) is 2.79. The smallest absolute Gasteiger partial charge is 0.126 e. The third-order valence-electron chi connectivity index (χ3n) is 3.92. The molecule has 1 saturated heterocycles. The van der Waals surface area contributed by atoms with E-state index >= 15 is 0 Å². The lowest BCUT2D eigenvalue weighted by molar-refractivity contribution is 0.199. The summed E-state index contributed by atoms with van der Waals surface area (Å²) in [6, 6.07) is 3.89. The number of rotatable bonds is 3. The second kappa shape index (κ2) is 5.27. The van der Waals surface area contributed by atoms with Gasteiger partial charge in [0.15, 0.2) is 0 Å². The minimum atomic E-state index is -0.631. The number of hydrogen-bond acceptors (Lipinski definition) is 2. The van der Waals surface area contributed by atoms with E-state index in [9.17, 15) is 9.50 Å². The zero-order chi connectivity index (χ0) is 13.3. The minimum absolute atomic E-state index is 0.234. The van der Waals surface area contributed by atoms with Gasteiger partial charge in [0.1, 0.15) is 5.82 Å². The third-order valence-corrected chi connectivity index (χ3v) is 3.92. The Labute approximate surface area is 108 Å². The van der Waals surface area contributed by atoms with Crippen molar-refractivity contribution in [3.05, 3.63) is 29.1 Å². The van der Waals surface area contributed by atoms with E-state index in [1.807, 2.05) is 6.07 Å².